The number of benzene rings is 2. The molecule has 2 aromatic rings. The van der Waals surface area contributed by atoms with E-state index in [4.69, 9.17) is 11.6 Å². The zero-order chi connectivity index (χ0) is 19.2. The lowest BCUT2D eigenvalue weighted by Crippen LogP contribution is -2.46. The Balaban J connectivity index is 1.47. The Kier molecular flexibility index (Phi) is 6.35. The van der Waals surface area contributed by atoms with Crippen molar-refractivity contribution >= 4 is 29.2 Å². The van der Waals surface area contributed by atoms with Gasteiger partial charge in [0.1, 0.15) is 0 Å². The number of anilines is 1. The highest BCUT2D eigenvalue weighted by molar-refractivity contribution is 6.30. The van der Waals surface area contributed by atoms with Gasteiger partial charge in [0.15, 0.2) is 0 Å². The van der Waals surface area contributed by atoms with Crippen LogP contribution in [0.4, 0.5) is 10.5 Å². The second-order valence-electron chi connectivity index (χ2n) is 6.84. The lowest BCUT2D eigenvalue weighted by molar-refractivity contribution is -0.121. The third kappa shape index (κ3) is 5.23. The fourth-order valence-electron chi connectivity index (χ4n) is 3.22. The van der Waals surface area contributed by atoms with E-state index in [0.29, 0.717) is 31.0 Å². The number of halogens is 1. The van der Waals surface area contributed by atoms with E-state index in [-0.39, 0.29) is 23.9 Å². The zero-order valence-corrected chi connectivity index (χ0v) is 16.1. The molecule has 27 heavy (non-hydrogen) atoms. The smallest absolute Gasteiger partial charge is 0.317 e. The van der Waals surface area contributed by atoms with Crippen molar-refractivity contribution in [1.29, 1.82) is 0 Å². The van der Waals surface area contributed by atoms with Crippen molar-refractivity contribution in [3.63, 3.8) is 0 Å². The molecule has 1 atom stereocenters. The maximum atomic E-state index is 12.5. The van der Waals surface area contributed by atoms with E-state index in [2.05, 4.69) is 10.6 Å². The molecule has 6 heteroatoms. The van der Waals surface area contributed by atoms with E-state index in [9.17, 15) is 9.59 Å². The molecule has 1 heterocycles. The van der Waals surface area contributed by atoms with Crippen LogP contribution in [0.1, 0.15) is 31.4 Å². The number of carbonyl (C=O) groups is 2. The van der Waals surface area contributed by atoms with E-state index in [0.717, 1.165) is 11.3 Å². The molecule has 5 nitrogen and oxygen atoms in total. The van der Waals surface area contributed by atoms with Gasteiger partial charge in [-0.15, -0.1) is 0 Å². The predicted molar refractivity (Wildman–Crippen MR) is 108 cm³/mol. The molecule has 1 saturated heterocycles. The Labute approximate surface area is 164 Å². The molecule has 1 aliphatic heterocycles. The Morgan fingerprint density at radius 2 is 1.67 bits per heavy atom. The molecule has 0 saturated carbocycles. The lowest BCUT2D eigenvalue weighted by atomic mass is 9.96. The number of hydrogen-bond acceptors (Lipinski definition) is 2. The van der Waals surface area contributed by atoms with E-state index >= 15 is 0 Å². The molecule has 1 unspecified atom stereocenters. The predicted octanol–water partition coefficient (Wildman–Crippen LogP) is 4.46. The Bertz CT molecular complexity index is 772. The minimum atomic E-state index is -0.103. The van der Waals surface area contributed by atoms with Crippen LogP contribution in [0.5, 0.6) is 0 Å². The molecular weight excluding hydrogens is 362 g/mol. The van der Waals surface area contributed by atoms with Crippen molar-refractivity contribution in [2.24, 2.45) is 5.92 Å². The third-order valence-electron chi connectivity index (χ3n) is 4.90. The first-order valence-corrected chi connectivity index (χ1v) is 9.57. The largest absolute Gasteiger partial charge is 0.331 e. The number of hydrogen-bond donors (Lipinski definition) is 2. The summed E-state index contributed by atoms with van der Waals surface area (Å²) >= 11 is 5.91. The Hall–Kier alpha value is -2.53. The number of carbonyl (C=O) groups excluding carboxylic acids is 2. The standard InChI is InChI=1S/C21H24ClN3O2/c1-15(16-7-9-18(22)10-8-16)23-21(27)25-13-11-17(12-14-25)20(26)24-19-5-3-2-4-6-19/h2-10,15,17H,11-14H2,1H3,(H,23,27)(H,24,26). The van der Waals surface area contributed by atoms with E-state index in [1.54, 1.807) is 4.90 Å². The van der Waals surface area contributed by atoms with Crippen LogP contribution in [-0.2, 0) is 4.79 Å². The minimum Gasteiger partial charge on any atom is -0.331 e. The zero-order valence-electron chi connectivity index (χ0n) is 15.3. The molecule has 142 valence electrons. The molecule has 2 aromatic carbocycles. The summed E-state index contributed by atoms with van der Waals surface area (Å²) in [6.07, 6.45) is 1.34. The minimum absolute atomic E-state index is 0.0239. The molecule has 2 N–H and O–H groups in total. The van der Waals surface area contributed by atoms with Crippen LogP contribution in [0.15, 0.2) is 54.6 Å². The molecule has 0 aliphatic carbocycles. The molecule has 0 spiro atoms. The molecular formula is C21H24ClN3O2. The van der Waals surface area contributed by atoms with Gasteiger partial charge >= 0.3 is 6.03 Å². The first-order valence-electron chi connectivity index (χ1n) is 9.20. The number of para-hydroxylation sites is 1. The van der Waals surface area contributed by atoms with Crippen LogP contribution < -0.4 is 10.6 Å². The average molecular weight is 386 g/mol. The fourth-order valence-corrected chi connectivity index (χ4v) is 3.35. The SMILES string of the molecule is CC(NC(=O)N1CCC(C(=O)Nc2ccccc2)CC1)c1ccc(Cl)cc1. The van der Waals surface area contributed by atoms with Gasteiger partial charge in [-0.05, 0) is 49.6 Å². The summed E-state index contributed by atoms with van der Waals surface area (Å²) in [5, 5.41) is 6.63. The molecule has 0 bridgehead atoms. The van der Waals surface area contributed by atoms with E-state index in [1.165, 1.54) is 0 Å². The normalized spacial score (nSPS) is 15.9. The van der Waals surface area contributed by atoms with Gasteiger partial charge in [-0.2, -0.15) is 0 Å². The topological polar surface area (TPSA) is 61.4 Å². The first kappa shape index (κ1) is 19.2. The van der Waals surface area contributed by atoms with Crippen LogP contribution in [-0.4, -0.2) is 29.9 Å². The van der Waals surface area contributed by atoms with Gasteiger partial charge in [0.25, 0.3) is 0 Å². The van der Waals surface area contributed by atoms with Crippen molar-refractivity contribution in [2.45, 2.75) is 25.8 Å². The molecule has 3 amide bonds. The van der Waals surface area contributed by atoms with Crippen molar-refractivity contribution in [2.75, 3.05) is 18.4 Å². The molecule has 0 radical (unpaired) electrons. The number of nitrogens with one attached hydrogen (secondary N) is 2. The Morgan fingerprint density at radius 3 is 2.30 bits per heavy atom. The number of rotatable bonds is 4. The summed E-state index contributed by atoms with van der Waals surface area (Å²) in [4.78, 5) is 26.7. The quantitative estimate of drug-likeness (QED) is 0.816. The molecule has 3 rings (SSSR count). The maximum Gasteiger partial charge on any atom is 0.317 e. The average Bonchev–Trinajstić information content (AvgIpc) is 2.69. The molecule has 0 aromatic heterocycles. The highest BCUT2D eigenvalue weighted by Gasteiger charge is 2.28. The van der Waals surface area contributed by atoms with Crippen molar-refractivity contribution in [1.82, 2.24) is 10.2 Å². The van der Waals surface area contributed by atoms with Gasteiger partial charge in [0.05, 0.1) is 6.04 Å². The Morgan fingerprint density at radius 1 is 1.04 bits per heavy atom. The van der Waals surface area contributed by atoms with Crippen LogP contribution in [0.2, 0.25) is 5.02 Å². The second kappa shape index (κ2) is 8.91. The summed E-state index contributed by atoms with van der Waals surface area (Å²) in [5.41, 5.74) is 1.81. The van der Waals surface area contributed by atoms with E-state index < -0.39 is 0 Å². The fraction of sp³-hybridized carbons (Fsp3) is 0.333. The number of nitrogens with zero attached hydrogens (tertiary/aromatic N) is 1. The summed E-state index contributed by atoms with van der Waals surface area (Å²) in [6, 6.07) is 16.7. The van der Waals surface area contributed by atoms with Gasteiger partial charge in [-0.25, -0.2) is 4.79 Å². The van der Waals surface area contributed by atoms with E-state index in [1.807, 2.05) is 61.5 Å². The van der Waals surface area contributed by atoms with Gasteiger partial charge < -0.3 is 15.5 Å². The van der Waals surface area contributed by atoms with Crippen LogP contribution in [0, 0.1) is 5.92 Å². The summed E-state index contributed by atoms with van der Waals surface area (Å²) in [6.45, 7) is 3.10. The van der Waals surface area contributed by atoms with Crippen LogP contribution in [0.25, 0.3) is 0 Å². The summed E-state index contributed by atoms with van der Waals surface area (Å²) in [5.74, 6) is -0.0428. The van der Waals surface area contributed by atoms with Gasteiger partial charge in [0, 0.05) is 29.7 Å². The van der Waals surface area contributed by atoms with Gasteiger partial charge in [0.2, 0.25) is 5.91 Å². The summed E-state index contributed by atoms with van der Waals surface area (Å²) in [7, 11) is 0. The summed E-state index contributed by atoms with van der Waals surface area (Å²) < 4.78 is 0. The van der Waals surface area contributed by atoms with Crippen molar-refractivity contribution in [3.05, 3.63) is 65.2 Å². The maximum absolute atomic E-state index is 12.5. The monoisotopic (exact) mass is 385 g/mol. The lowest BCUT2D eigenvalue weighted by Gasteiger charge is -2.32. The van der Waals surface area contributed by atoms with Crippen molar-refractivity contribution < 1.29 is 9.59 Å². The first-order chi connectivity index (χ1) is 13.0. The van der Waals surface area contributed by atoms with Gasteiger partial charge in [-0.3, -0.25) is 4.79 Å². The molecule has 1 fully saturated rings. The van der Waals surface area contributed by atoms with Crippen LogP contribution in [0.3, 0.4) is 0 Å². The van der Waals surface area contributed by atoms with Crippen LogP contribution >= 0.6 is 11.6 Å². The number of amides is 3. The number of urea groups is 1. The van der Waals surface area contributed by atoms with Crippen molar-refractivity contribution in [3.8, 4) is 0 Å². The third-order valence-corrected chi connectivity index (χ3v) is 5.16. The second-order valence-corrected chi connectivity index (χ2v) is 7.28. The van der Waals surface area contributed by atoms with Gasteiger partial charge in [-0.1, -0.05) is 41.9 Å². The highest BCUT2D eigenvalue weighted by Crippen LogP contribution is 2.21. The number of likely N-dealkylation sites (tertiary alicyclic amines) is 1. The highest BCUT2D eigenvalue weighted by atomic mass is 35.5. The molecule has 1 aliphatic rings. The number of piperidine rings is 1.